The minimum Gasteiger partial charge on any atom is -0.368 e. The number of primary amides is 1. The average molecular weight is 255 g/mol. The van der Waals surface area contributed by atoms with Crippen LogP contribution in [0.2, 0.25) is 0 Å². The summed E-state index contributed by atoms with van der Waals surface area (Å²) in [5.74, 6) is -1.08. The lowest BCUT2D eigenvalue weighted by atomic mass is 9.92. The molecule has 3 N–H and O–H groups in total. The van der Waals surface area contributed by atoms with Crippen molar-refractivity contribution >= 4 is 17.7 Å². The standard InChI is InChI=1S/C12H21N3O3/c1-5-14-12(4,9(13)17)7-15-8(16)6-11(2,3)10(15)18/h14H,5-7H2,1-4H3,(H2,13,17). The summed E-state index contributed by atoms with van der Waals surface area (Å²) in [6, 6.07) is 0. The summed E-state index contributed by atoms with van der Waals surface area (Å²) in [6.45, 7) is 7.39. The van der Waals surface area contributed by atoms with Crippen molar-refractivity contribution in [2.24, 2.45) is 11.1 Å². The van der Waals surface area contributed by atoms with E-state index in [0.29, 0.717) is 6.54 Å². The molecule has 1 atom stereocenters. The van der Waals surface area contributed by atoms with E-state index in [1.807, 2.05) is 6.92 Å². The number of hydrogen-bond donors (Lipinski definition) is 2. The van der Waals surface area contributed by atoms with Gasteiger partial charge in [-0.2, -0.15) is 0 Å². The van der Waals surface area contributed by atoms with Crippen molar-refractivity contribution in [3.8, 4) is 0 Å². The third-order valence-corrected chi connectivity index (χ3v) is 3.30. The van der Waals surface area contributed by atoms with Crippen molar-refractivity contribution in [2.45, 2.75) is 39.7 Å². The SMILES string of the molecule is CCNC(C)(CN1C(=O)CC(C)(C)C1=O)C(N)=O. The largest absolute Gasteiger partial charge is 0.368 e. The summed E-state index contributed by atoms with van der Waals surface area (Å²) < 4.78 is 0. The van der Waals surface area contributed by atoms with Crippen molar-refractivity contribution in [2.75, 3.05) is 13.1 Å². The lowest BCUT2D eigenvalue weighted by molar-refractivity contribution is -0.142. The zero-order valence-electron chi connectivity index (χ0n) is 11.4. The van der Waals surface area contributed by atoms with Crippen molar-refractivity contribution < 1.29 is 14.4 Å². The number of amides is 3. The van der Waals surface area contributed by atoms with E-state index in [1.165, 1.54) is 0 Å². The summed E-state index contributed by atoms with van der Waals surface area (Å²) in [5.41, 5.74) is 3.57. The Bertz CT molecular complexity index is 392. The average Bonchev–Trinajstić information content (AvgIpc) is 2.41. The van der Waals surface area contributed by atoms with Crippen LogP contribution in [0.25, 0.3) is 0 Å². The second-order valence-corrected chi connectivity index (χ2v) is 5.57. The number of carbonyl (C=O) groups excluding carboxylic acids is 3. The minimum atomic E-state index is -1.08. The van der Waals surface area contributed by atoms with E-state index in [4.69, 9.17) is 5.73 Å². The molecule has 1 heterocycles. The Morgan fingerprint density at radius 3 is 2.39 bits per heavy atom. The number of carbonyl (C=O) groups is 3. The Labute approximate surface area is 107 Å². The van der Waals surface area contributed by atoms with Gasteiger partial charge in [0.05, 0.1) is 12.0 Å². The van der Waals surface area contributed by atoms with Crippen LogP contribution < -0.4 is 11.1 Å². The third kappa shape index (κ3) is 2.53. The van der Waals surface area contributed by atoms with Crippen LogP contribution in [0.15, 0.2) is 0 Å². The van der Waals surface area contributed by atoms with E-state index in [1.54, 1.807) is 20.8 Å². The molecule has 0 spiro atoms. The van der Waals surface area contributed by atoms with Crippen LogP contribution in [0.3, 0.4) is 0 Å². The van der Waals surface area contributed by atoms with Gasteiger partial charge in [0.1, 0.15) is 5.54 Å². The van der Waals surface area contributed by atoms with Crippen LogP contribution in [0.1, 0.15) is 34.1 Å². The minimum absolute atomic E-state index is 0.0166. The Morgan fingerprint density at radius 1 is 1.50 bits per heavy atom. The Hall–Kier alpha value is -1.43. The molecule has 1 unspecified atom stereocenters. The van der Waals surface area contributed by atoms with Crippen LogP contribution in [0, 0.1) is 5.41 Å². The first-order valence-corrected chi connectivity index (χ1v) is 6.04. The zero-order chi connectivity index (χ0) is 14.1. The molecule has 0 saturated carbocycles. The number of nitrogens with zero attached hydrogens (tertiary/aromatic N) is 1. The van der Waals surface area contributed by atoms with Gasteiger partial charge in [0, 0.05) is 6.42 Å². The highest BCUT2D eigenvalue weighted by molar-refractivity contribution is 6.06. The summed E-state index contributed by atoms with van der Waals surface area (Å²) >= 11 is 0. The maximum Gasteiger partial charge on any atom is 0.239 e. The van der Waals surface area contributed by atoms with Crippen LogP contribution in [0.4, 0.5) is 0 Å². The summed E-state index contributed by atoms with van der Waals surface area (Å²) in [6.07, 6.45) is 0.173. The molecule has 18 heavy (non-hydrogen) atoms. The molecule has 6 heteroatoms. The number of nitrogens with one attached hydrogen (secondary N) is 1. The lowest BCUT2D eigenvalue weighted by Crippen LogP contribution is -2.60. The number of nitrogens with two attached hydrogens (primary N) is 1. The molecule has 1 aliphatic heterocycles. The number of imide groups is 1. The fraction of sp³-hybridized carbons (Fsp3) is 0.750. The van der Waals surface area contributed by atoms with E-state index in [2.05, 4.69) is 5.32 Å². The highest BCUT2D eigenvalue weighted by Crippen LogP contribution is 2.32. The molecule has 0 aromatic rings. The highest BCUT2D eigenvalue weighted by atomic mass is 16.2. The normalized spacial score (nSPS) is 22.1. The van der Waals surface area contributed by atoms with E-state index in [0.717, 1.165) is 4.90 Å². The Morgan fingerprint density at radius 2 is 2.06 bits per heavy atom. The summed E-state index contributed by atoms with van der Waals surface area (Å²) in [5, 5.41) is 2.93. The number of hydrogen-bond acceptors (Lipinski definition) is 4. The van der Waals surface area contributed by atoms with E-state index < -0.39 is 16.9 Å². The van der Waals surface area contributed by atoms with Gasteiger partial charge in [-0.05, 0) is 13.5 Å². The van der Waals surface area contributed by atoms with Crippen LogP contribution in [0.5, 0.6) is 0 Å². The van der Waals surface area contributed by atoms with Gasteiger partial charge in [-0.25, -0.2) is 0 Å². The smallest absolute Gasteiger partial charge is 0.239 e. The molecule has 0 radical (unpaired) electrons. The fourth-order valence-corrected chi connectivity index (χ4v) is 2.12. The van der Waals surface area contributed by atoms with Gasteiger partial charge < -0.3 is 11.1 Å². The second-order valence-electron chi connectivity index (χ2n) is 5.57. The third-order valence-electron chi connectivity index (χ3n) is 3.30. The Balaban J connectivity index is 2.93. The quantitative estimate of drug-likeness (QED) is 0.655. The van der Waals surface area contributed by atoms with Crippen molar-refractivity contribution in [3.05, 3.63) is 0 Å². The monoisotopic (exact) mass is 255 g/mol. The molecule has 102 valence electrons. The van der Waals surface area contributed by atoms with Crippen molar-refractivity contribution in [3.63, 3.8) is 0 Å². The number of likely N-dealkylation sites (N-methyl/N-ethyl adjacent to an activating group) is 1. The second kappa shape index (κ2) is 4.68. The predicted molar refractivity (Wildman–Crippen MR) is 66.4 cm³/mol. The van der Waals surface area contributed by atoms with Gasteiger partial charge in [0.2, 0.25) is 17.7 Å². The van der Waals surface area contributed by atoms with Crippen molar-refractivity contribution in [1.82, 2.24) is 10.2 Å². The molecule has 0 aromatic carbocycles. The molecule has 0 aliphatic carbocycles. The molecular formula is C12H21N3O3. The first-order valence-electron chi connectivity index (χ1n) is 6.04. The maximum absolute atomic E-state index is 12.1. The first kappa shape index (κ1) is 14.6. The van der Waals surface area contributed by atoms with E-state index in [-0.39, 0.29) is 24.8 Å². The molecule has 1 aliphatic rings. The number of rotatable bonds is 5. The van der Waals surface area contributed by atoms with E-state index in [9.17, 15) is 14.4 Å². The maximum atomic E-state index is 12.1. The predicted octanol–water partition coefficient (Wildman–Crippen LogP) is -0.375. The molecular weight excluding hydrogens is 234 g/mol. The van der Waals surface area contributed by atoms with Gasteiger partial charge in [-0.3, -0.25) is 19.3 Å². The van der Waals surface area contributed by atoms with E-state index >= 15 is 0 Å². The molecule has 0 bridgehead atoms. The van der Waals surface area contributed by atoms with Crippen LogP contribution >= 0.6 is 0 Å². The molecule has 6 nitrogen and oxygen atoms in total. The van der Waals surface area contributed by atoms with Crippen LogP contribution in [-0.4, -0.2) is 41.2 Å². The molecule has 1 rings (SSSR count). The van der Waals surface area contributed by atoms with Crippen molar-refractivity contribution in [1.29, 1.82) is 0 Å². The molecule has 1 fully saturated rings. The molecule has 3 amide bonds. The van der Waals surface area contributed by atoms with Gasteiger partial charge in [0.25, 0.3) is 0 Å². The topological polar surface area (TPSA) is 92.5 Å². The summed E-state index contributed by atoms with van der Waals surface area (Å²) in [4.78, 5) is 36.5. The lowest BCUT2D eigenvalue weighted by Gasteiger charge is -2.31. The number of likely N-dealkylation sites (tertiary alicyclic amines) is 1. The summed E-state index contributed by atoms with van der Waals surface area (Å²) in [7, 11) is 0. The highest BCUT2D eigenvalue weighted by Gasteiger charge is 2.47. The van der Waals surface area contributed by atoms with Gasteiger partial charge in [-0.1, -0.05) is 20.8 Å². The van der Waals surface area contributed by atoms with Crippen LogP contribution in [-0.2, 0) is 14.4 Å². The van der Waals surface area contributed by atoms with Gasteiger partial charge in [-0.15, -0.1) is 0 Å². The first-order chi connectivity index (χ1) is 8.14. The van der Waals surface area contributed by atoms with Gasteiger partial charge >= 0.3 is 0 Å². The fourth-order valence-electron chi connectivity index (χ4n) is 2.12. The Kier molecular flexibility index (Phi) is 3.81. The van der Waals surface area contributed by atoms with Gasteiger partial charge in [0.15, 0.2) is 0 Å². The zero-order valence-corrected chi connectivity index (χ0v) is 11.4. The molecule has 1 saturated heterocycles. The molecule has 0 aromatic heterocycles.